The predicted molar refractivity (Wildman–Crippen MR) is 101 cm³/mol. The molecule has 0 radical (unpaired) electrons. The number of hydrogen-bond donors (Lipinski definition) is 1. The lowest BCUT2D eigenvalue weighted by atomic mass is 10.1. The molecular formula is C20H14N2O2S. The molecule has 4 aromatic rings. The van der Waals surface area contributed by atoms with Crippen molar-refractivity contribution in [2.45, 2.75) is 0 Å². The van der Waals surface area contributed by atoms with Crippen LogP contribution in [0.5, 0.6) is 5.75 Å². The first-order valence-electron chi connectivity index (χ1n) is 7.77. The van der Waals surface area contributed by atoms with E-state index in [0.717, 1.165) is 21.5 Å². The number of amides is 1. The third-order valence-electron chi connectivity index (χ3n) is 3.68. The number of benzene rings is 2. The summed E-state index contributed by atoms with van der Waals surface area (Å²) in [7, 11) is 0. The van der Waals surface area contributed by atoms with Crippen LogP contribution in [0.1, 0.15) is 0 Å². The Labute approximate surface area is 148 Å². The van der Waals surface area contributed by atoms with Crippen molar-refractivity contribution in [3.8, 4) is 16.3 Å². The molecule has 4 rings (SSSR count). The Hall–Kier alpha value is -3.18. The van der Waals surface area contributed by atoms with Crippen molar-refractivity contribution >= 4 is 34.0 Å². The van der Waals surface area contributed by atoms with E-state index in [2.05, 4.69) is 10.3 Å². The standard InChI is InChI=1S/C20H14N2O2S/c23-20(24-14-7-2-1-3-8-14)22-17-13-18(19-11-6-12-25-19)21-16-10-5-4-9-15(16)17/h1-13H,(H,21,22,23). The van der Waals surface area contributed by atoms with Crippen molar-refractivity contribution in [3.63, 3.8) is 0 Å². The molecule has 0 saturated carbocycles. The minimum atomic E-state index is -0.528. The molecule has 4 nitrogen and oxygen atoms in total. The van der Waals surface area contributed by atoms with E-state index in [1.54, 1.807) is 23.5 Å². The predicted octanol–water partition coefficient (Wildman–Crippen LogP) is 5.57. The second-order valence-electron chi connectivity index (χ2n) is 5.38. The zero-order chi connectivity index (χ0) is 17.1. The second kappa shape index (κ2) is 6.75. The maximum absolute atomic E-state index is 12.3. The average molecular weight is 346 g/mol. The van der Waals surface area contributed by atoms with Crippen molar-refractivity contribution in [2.24, 2.45) is 0 Å². The van der Waals surface area contributed by atoms with Crippen LogP contribution >= 0.6 is 11.3 Å². The summed E-state index contributed by atoms with van der Waals surface area (Å²) in [6.07, 6.45) is -0.528. The fourth-order valence-corrected chi connectivity index (χ4v) is 3.25. The summed E-state index contributed by atoms with van der Waals surface area (Å²) in [6, 6.07) is 22.6. The third kappa shape index (κ3) is 3.36. The van der Waals surface area contributed by atoms with E-state index in [9.17, 15) is 4.79 Å². The molecule has 2 aromatic carbocycles. The van der Waals surface area contributed by atoms with Crippen molar-refractivity contribution in [2.75, 3.05) is 5.32 Å². The summed E-state index contributed by atoms with van der Waals surface area (Å²) < 4.78 is 5.33. The number of nitrogens with one attached hydrogen (secondary N) is 1. The Kier molecular flexibility index (Phi) is 4.14. The van der Waals surface area contributed by atoms with Crippen molar-refractivity contribution in [1.29, 1.82) is 0 Å². The Morgan fingerprint density at radius 2 is 1.76 bits per heavy atom. The number of aromatic nitrogens is 1. The van der Waals surface area contributed by atoms with Gasteiger partial charge in [0, 0.05) is 5.39 Å². The molecule has 25 heavy (non-hydrogen) atoms. The molecule has 0 aliphatic carbocycles. The smallest absolute Gasteiger partial charge is 0.410 e. The fourth-order valence-electron chi connectivity index (χ4n) is 2.56. The minimum absolute atomic E-state index is 0.497. The molecule has 2 aromatic heterocycles. The van der Waals surface area contributed by atoms with Gasteiger partial charge in [-0.1, -0.05) is 42.5 Å². The van der Waals surface area contributed by atoms with Crippen molar-refractivity contribution in [1.82, 2.24) is 4.98 Å². The summed E-state index contributed by atoms with van der Waals surface area (Å²) >= 11 is 1.61. The third-order valence-corrected chi connectivity index (χ3v) is 4.57. The molecule has 0 fully saturated rings. The molecule has 0 unspecified atom stereocenters. The van der Waals surface area contributed by atoms with E-state index in [4.69, 9.17) is 4.74 Å². The molecule has 5 heteroatoms. The van der Waals surface area contributed by atoms with E-state index < -0.39 is 6.09 Å². The maximum atomic E-state index is 12.3. The number of carbonyl (C=O) groups excluding carboxylic acids is 1. The summed E-state index contributed by atoms with van der Waals surface area (Å²) in [6.45, 7) is 0. The van der Waals surface area contributed by atoms with Gasteiger partial charge in [0.2, 0.25) is 0 Å². The van der Waals surface area contributed by atoms with Crippen molar-refractivity contribution in [3.05, 3.63) is 78.2 Å². The number of para-hydroxylation sites is 2. The van der Waals surface area contributed by atoms with Gasteiger partial charge in [-0.2, -0.15) is 0 Å². The van der Waals surface area contributed by atoms with Gasteiger partial charge in [-0.15, -0.1) is 11.3 Å². The Morgan fingerprint density at radius 1 is 0.960 bits per heavy atom. The van der Waals surface area contributed by atoms with Gasteiger partial charge in [0.15, 0.2) is 0 Å². The van der Waals surface area contributed by atoms with Gasteiger partial charge in [0.25, 0.3) is 0 Å². The number of ether oxygens (including phenoxy) is 1. The van der Waals surface area contributed by atoms with Gasteiger partial charge in [-0.25, -0.2) is 9.78 Å². The topological polar surface area (TPSA) is 51.2 Å². The van der Waals surface area contributed by atoms with E-state index in [1.165, 1.54) is 0 Å². The highest BCUT2D eigenvalue weighted by Gasteiger charge is 2.12. The number of pyridine rings is 1. The first kappa shape index (κ1) is 15.4. The normalized spacial score (nSPS) is 10.6. The minimum Gasteiger partial charge on any atom is -0.410 e. The molecule has 1 N–H and O–H groups in total. The number of fused-ring (bicyclic) bond motifs is 1. The van der Waals surface area contributed by atoms with Crippen LogP contribution in [0, 0.1) is 0 Å². The van der Waals surface area contributed by atoms with Gasteiger partial charge in [-0.05, 0) is 35.7 Å². The molecule has 0 aliphatic rings. The van der Waals surface area contributed by atoms with Crippen LogP contribution in [0.3, 0.4) is 0 Å². The SMILES string of the molecule is O=C(Nc1cc(-c2cccs2)nc2ccccc12)Oc1ccccc1. The van der Waals surface area contributed by atoms with Crippen LogP contribution in [0.2, 0.25) is 0 Å². The molecule has 1 amide bonds. The average Bonchev–Trinajstić information content (AvgIpc) is 3.17. The van der Waals surface area contributed by atoms with Crippen molar-refractivity contribution < 1.29 is 9.53 Å². The quantitative estimate of drug-likeness (QED) is 0.527. The lowest BCUT2D eigenvalue weighted by Gasteiger charge is -2.11. The Bertz CT molecular complexity index is 1010. The Balaban J connectivity index is 1.69. The van der Waals surface area contributed by atoms with Crippen LogP contribution in [0.15, 0.2) is 78.2 Å². The van der Waals surface area contributed by atoms with Crippen LogP contribution in [0.25, 0.3) is 21.5 Å². The second-order valence-corrected chi connectivity index (χ2v) is 6.32. The van der Waals surface area contributed by atoms with E-state index in [-0.39, 0.29) is 0 Å². The number of hydrogen-bond acceptors (Lipinski definition) is 4. The lowest BCUT2D eigenvalue weighted by molar-refractivity contribution is 0.215. The van der Waals surface area contributed by atoms with E-state index in [0.29, 0.717) is 11.4 Å². The number of rotatable bonds is 3. The summed E-state index contributed by atoms with van der Waals surface area (Å²) in [5, 5.41) is 5.71. The maximum Gasteiger partial charge on any atom is 0.417 e. The number of nitrogens with zero attached hydrogens (tertiary/aromatic N) is 1. The largest absolute Gasteiger partial charge is 0.417 e. The van der Waals surface area contributed by atoms with Gasteiger partial charge in [0.1, 0.15) is 5.75 Å². The van der Waals surface area contributed by atoms with Gasteiger partial charge >= 0.3 is 6.09 Å². The van der Waals surface area contributed by atoms with E-state index >= 15 is 0 Å². The van der Waals surface area contributed by atoms with Crippen LogP contribution in [-0.2, 0) is 0 Å². The van der Waals surface area contributed by atoms with Gasteiger partial charge in [-0.3, -0.25) is 5.32 Å². The van der Waals surface area contributed by atoms with Gasteiger partial charge in [0.05, 0.1) is 21.8 Å². The van der Waals surface area contributed by atoms with E-state index in [1.807, 2.05) is 66.0 Å². The highest BCUT2D eigenvalue weighted by Crippen LogP contribution is 2.30. The zero-order valence-corrected chi connectivity index (χ0v) is 14.0. The van der Waals surface area contributed by atoms with Crippen LogP contribution in [-0.4, -0.2) is 11.1 Å². The highest BCUT2D eigenvalue weighted by molar-refractivity contribution is 7.13. The molecule has 122 valence electrons. The molecule has 0 bridgehead atoms. The Morgan fingerprint density at radius 3 is 2.56 bits per heavy atom. The van der Waals surface area contributed by atoms with Gasteiger partial charge < -0.3 is 4.74 Å². The summed E-state index contributed by atoms with van der Waals surface area (Å²) in [5.74, 6) is 0.497. The number of anilines is 1. The number of carbonyl (C=O) groups is 1. The molecule has 2 heterocycles. The molecular weight excluding hydrogens is 332 g/mol. The zero-order valence-electron chi connectivity index (χ0n) is 13.2. The fraction of sp³-hybridized carbons (Fsp3) is 0. The lowest BCUT2D eigenvalue weighted by Crippen LogP contribution is -2.17. The molecule has 0 spiro atoms. The number of thiophene rings is 1. The van der Waals surface area contributed by atoms with Crippen LogP contribution in [0.4, 0.5) is 10.5 Å². The first-order chi connectivity index (χ1) is 12.3. The summed E-state index contributed by atoms with van der Waals surface area (Å²) in [4.78, 5) is 18.0. The highest BCUT2D eigenvalue weighted by atomic mass is 32.1. The summed E-state index contributed by atoms with van der Waals surface area (Å²) in [5.41, 5.74) is 2.32. The molecule has 0 atom stereocenters. The molecule has 0 aliphatic heterocycles. The molecule has 0 saturated heterocycles. The monoisotopic (exact) mass is 346 g/mol. The first-order valence-corrected chi connectivity index (χ1v) is 8.65. The van der Waals surface area contributed by atoms with Crippen LogP contribution < -0.4 is 10.1 Å².